The van der Waals surface area contributed by atoms with Gasteiger partial charge in [0, 0.05) is 37.1 Å². The molecule has 2 aliphatic carbocycles. The molecule has 3 N–H and O–H groups in total. The van der Waals surface area contributed by atoms with E-state index in [0.717, 1.165) is 38.4 Å². The molecule has 1 unspecified atom stereocenters. The van der Waals surface area contributed by atoms with Gasteiger partial charge < -0.3 is 11.1 Å². The van der Waals surface area contributed by atoms with Gasteiger partial charge in [-0.3, -0.25) is 9.69 Å². The fourth-order valence-electron chi connectivity index (χ4n) is 3.08. The molecule has 4 heteroatoms. The van der Waals surface area contributed by atoms with Crippen LogP contribution >= 0.6 is 0 Å². The molecule has 0 bridgehead atoms. The Bertz CT molecular complexity index is 310. The fourth-order valence-corrected chi connectivity index (χ4v) is 3.08. The third-order valence-corrected chi connectivity index (χ3v) is 4.51. The van der Waals surface area contributed by atoms with E-state index in [-0.39, 0.29) is 11.4 Å². The molecule has 3 rings (SSSR count). The lowest BCUT2D eigenvalue weighted by Crippen LogP contribution is -2.51. The van der Waals surface area contributed by atoms with E-state index in [1.165, 1.54) is 19.3 Å². The summed E-state index contributed by atoms with van der Waals surface area (Å²) in [6.45, 7) is 2.21. The molecule has 1 heterocycles. The maximum atomic E-state index is 11.9. The van der Waals surface area contributed by atoms with E-state index in [0.29, 0.717) is 12.5 Å². The first-order valence-corrected chi connectivity index (χ1v) is 6.97. The molecule has 3 aliphatic rings. The van der Waals surface area contributed by atoms with Gasteiger partial charge >= 0.3 is 0 Å². The second-order valence-corrected chi connectivity index (χ2v) is 6.17. The standard InChI is InChI=1S/C13H23N3O/c14-13(5-1-6-13)8-12(17)15-10-4-7-16(9-10)11-2-3-11/h10-11H,1-9,14H2,(H,15,17). The molecule has 96 valence electrons. The molecule has 1 aliphatic heterocycles. The minimum atomic E-state index is -0.182. The number of carbonyl (C=O) groups is 1. The van der Waals surface area contributed by atoms with Crippen molar-refractivity contribution in [1.29, 1.82) is 0 Å². The first-order chi connectivity index (χ1) is 8.15. The maximum Gasteiger partial charge on any atom is 0.222 e. The zero-order valence-corrected chi connectivity index (χ0v) is 10.5. The third kappa shape index (κ3) is 2.63. The number of likely N-dealkylation sites (tertiary alicyclic amines) is 1. The molecule has 1 amide bonds. The van der Waals surface area contributed by atoms with Crippen LogP contribution in [-0.2, 0) is 4.79 Å². The number of nitrogens with two attached hydrogens (primary N) is 1. The predicted octanol–water partition coefficient (Wildman–Crippen LogP) is 0.611. The van der Waals surface area contributed by atoms with Gasteiger partial charge in [0.2, 0.25) is 5.91 Å². The lowest BCUT2D eigenvalue weighted by molar-refractivity contribution is -0.123. The van der Waals surface area contributed by atoms with E-state index in [1.807, 2.05) is 0 Å². The largest absolute Gasteiger partial charge is 0.352 e. The summed E-state index contributed by atoms with van der Waals surface area (Å²) in [5.74, 6) is 0.162. The van der Waals surface area contributed by atoms with E-state index in [1.54, 1.807) is 0 Å². The normalized spacial score (nSPS) is 32.2. The van der Waals surface area contributed by atoms with Crippen molar-refractivity contribution < 1.29 is 4.79 Å². The first kappa shape index (κ1) is 11.5. The van der Waals surface area contributed by atoms with Crippen LogP contribution in [0.5, 0.6) is 0 Å². The van der Waals surface area contributed by atoms with E-state index >= 15 is 0 Å². The molecule has 3 fully saturated rings. The summed E-state index contributed by atoms with van der Waals surface area (Å²) >= 11 is 0. The summed E-state index contributed by atoms with van der Waals surface area (Å²) in [6.07, 6.45) is 7.55. The molecule has 1 saturated heterocycles. The molecule has 0 spiro atoms. The van der Waals surface area contributed by atoms with Crippen LogP contribution in [0.4, 0.5) is 0 Å². The van der Waals surface area contributed by atoms with Crippen LogP contribution < -0.4 is 11.1 Å². The fraction of sp³-hybridized carbons (Fsp3) is 0.923. The molecule has 17 heavy (non-hydrogen) atoms. The number of nitrogens with one attached hydrogen (secondary N) is 1. The van der Waals surface area contributed by atoms with Crippen LogP contribution in [-0.4, -0.2) is 41.5 Å². The zero-order chi connectivity index (χ0) is 11.9. The highest BCUT2D eigenvalue weighted by molar-refractivity contribution is 5.77. The lowest BCUT2D eigenvalue weighted by Gasteiger charge is -2.37. The molecular formula is C13H23N3O. The van der Waals surface area contributed by atoms with Crippen LogP contribution in [0, 0.1) is 0 Å². The van der Waals surface area contributed by atoms with Crippen molar-refractivity contribution in [3.05, 3.63) is 0 Å². The Morgan fingerprint density at radius 1 is 1.35 bits per heavy atom. The molecule has 0 radical (unpaired) electrons. The topological polar surface area (TPSA) is 58.4 Å². The Balaban J connectivity index is 1.42. The van der Waals surface area contributed by atoms with Gasteiger partial charge in [0.25, 0.3) is 0 Å². The van der Waals surface area contributed by atoms with E-state index in [4.69, 9.17) is 5.73 Å². The van der Waals surface area contributed by atoms with Crippen molar-refractivity contribution in [2.45, 2.75) is 62.6 Å². The lowest BCUT2D eigenvalue weighted by atomic mass is 9.75. The van der Waals surface area contributed by atoms with Crippen LogP contribution in [0.25, 0.3) is 0 Å². The van der Waals surface area contributed by atoms with Gasteiger partial charge in [-0.2, -0.15) is 0 Å². The summed E-state index contributed by atoms with van der Waals surface area (Å²) in [4.78, 5) is 14.4. The van der Waals surface area contributed by atoms with Crippen LogP contribution in [0.3, 0.4) is 0 Å². The average molecular weight is 237 g/mol. The Hall–Kier alpha value is -0.610. The van der Waals surface area contributed by atoms with Gasteiger partial charge in [-0.25, -0.2) is 0 Å². The maximum absolute atomic E-state index is 11.9. The second kappa shape index (κ2) is 4.25. The van der Waals surface area contributed by atoms with Crippen molar-refractivity contribution in [2.24, 2.45) is 5.73 Å². The molecule has 0 aromatic rings. The number of carbonyl (C=O) groups excluding carboxylic acids is 1. The average Bonchev–Trinajstić information content (AvgIpc) is 2.98. The van der Waals surface area contributed by atoms with E-state index < -0.39 is 0 Å². The summed E-state index contributed by atoms with van der Waals surface area (Å²) in [5, 5.41) is 3.16. The zero-order valence-electron chi connectivity index (χ0n) is 10.5. The van der Waals surface area contributed by atoms with Gasteiger partial charge in [0.1, 0.15) is 0 Å². The van der Waals surface area contributed by atoms with Crippen molar-refractivity contribution in [3.8, 4) is 0 Å². The summed E-state index contributed by atoms with van der Waals surface area (Å²) in [7, 11) is 0. The van der Waals surface area contributed by atoms with Crippen molar-refractivity contribution in [2.75, 3.05) is 13.1 Å². The van der Waals surface area contributed by atoms with Crippen molar-refractivity contribution >= 4 is 5.91 Å². The Kier molecular flexibility index (Phi) is 2.87. The predicted molar refractivity (Wildman–Crippen MR) is 66.5 cm³/mol. The number of rotatable bonds is 4. The Labute approximate surface area is 103 Å². The summed E-state index contributed by atoms with van der Waals surface area (Å²) in [6, 6.07) is 1.19. The summed E-state index contributed by atoms with van der Waals surface area (Å²) in [5.41, 5.74) is 5.91. The highest BCUT2D eigenvalue weighted by atomic mass is 16.1. The van der Waals surface area contributed by atoms with Gasteiger partial charge in [-0.1, -0.05) is 0 Å². The minimum absolute atomic E-state index is 0.162. The SMILES string of the molecule is NC1(CC(=O)NC2CCN(C3CC3)C2)CCC1. The monoisotopic (exact) mass is 237 g/mol. The number of hydrogen-bond acceptors (Lipinski definition) is 3. The van der Waals surface area contributed by atoms with Crippen molar-refractivity contribution in [1.82, 2.24) is 10.2 Å². The number of amides is 1. The second-order valence-electron chi connectivity index (χ2n) is 6.17. The molecule has 0 aromatic heterocycles. The highest BCUT2D eigenvalue weighted by Gasteiger charge is 2.37. The molecule has 0 aromatic carbocycles. The molecule has 4 nitrogen and oxygen atoms in total. The summed E-state index contributed by atoms with van der Waals surface area (Å²) < 4.78 is 0. The Morgan fingerprint density at radius 2 is 2.12 bits per heavy atom. The Morgan fingerprint density at radius 3 is 2.71 bits per heavy atom. The quantitative estimate of drug-likeness (QED) is 0.753. The third-order valence-electron chi connectivity index (χ3n) is 4.51. The highest BCUT2D eigenvalue weighted by Crippen LogP contribution is 2.32. The van der Waals surface area contributed by atoms with Gasteiger partial charge in [0.05, 0.1) is 0 Å². The first-order valence-electron chi connectivity index (χ1n) is 6.97. The smallest absolute Gasteiger partial charge is 0.222 e. The number of hydrogen-bond donors (Lipinski definition) is 2. The van der Waals surface area contributed by atoms with Gasteiger partial charge in [-0.05, 0) is 38.5 Å². The van der Waals surface area contributed by atoms with Crippen LogP contribution in [0.15, 0.2) is 0 Å². The van der Waals surface area contributed by atoms with Crippen LogP contribution in [0.1, 0.15) is 44.9 Å². The van der Waals surface area contributed by atoms with E-state index in [9.17, 15) is 4.79 Å². The number of nitrogens with zero attached hydrogens (tertiary/aromatic N) is 1. The molecule has 2 saturated carbocycles. The molecule has 1 atom stereocenters. The van der Waals surface area contributed by atoms with E-state index in [2.05, 4.69) is 10.2 Å². The van der Waals surface area contributed by atoms with Crippen LogP contribution in [0.2, 0.25) is 0 Å². The van der Waals surface area contributed by atoms with Gasteiger partial charge in [-0.15, -0.1) is 0 Å². The minimum Gasteiger partial charge on any atom is -0.352 e. The van der Waals surface area contributed by atoms with Crippen molar-refractivity contribution in [3.63, 3.8) is 0 Å². The molecular weight excluding hydrogens is 214 g/mol. The van der Waals surface area contributed by atoms with Gasteiger partial charge in [0.15, 0.2) is 0 Å².